The normalized spacial score (nSPS) is 15.7. The summed E-state index contributed by atoms with van der Waals surface area (Å²) in [4.78, 5) is 37.8. The molecule has 1 saturated heterocycles. The highest BCUT2D eigenvalue weighted by Crippen LogP contribution is 2.28. The molecule has 2 aromatic rings. The molecule has 0 unspecified atom stereocenters. The Morgan fingerprint density at radius 3 is 2.54 bits per heavy atom. The Kier molecular flexibility index (Phi) is 5.39. The molecule has 0 saturated carbocycles. The van der Waals surface area contributed by atoms with Crippen molar-refractivity contribution in [2.75, 3.05) is 6.61 Å². The van der Waals surface area contributed by atoms with Crippen LogP contribution in [0.2, 0.25) is 0 Å². The molecule has 0 radical (unpaired) electrons. The molecule has 8 heteroatoms. The van der Waals surface area contributed by atoms with E-state index in [2.05, 4.69) is 5.32 Å². The van der Waals surface area contributed by atoms with Crippen LogP contribution in [0.1, 0.15) is 18.1 Å². The standard InChI is InChI=1S/C20H17FN2O5/c1-2-28-17-10-13(5-8-16(17)24)9-15-18(25)22-20(27)23(19(15)26)11-12-3-6-14(21)7-4-12/h3-10,24H,2,11H2,1H3,(H,22,25,27)/b15-9+. The Balaban J connectivity index is 1.90. The summed E-state index contributed by atoms with van der Waals surface area (Å²) in [6.07, 6.45) is 1.31. The lowest BCUT2D eigenvalue weighted by Gasteiger charge is -2.26. The predicted octanol–water partition coefficient (Wildman–Crippen LogP) is 2.59. The summed E-state index contributed by atoms with van der Waals surface area (Å²) in [6.45, 7) is 1.96. The van der Waals surface area contributed by atoms with Gasteiger partial charge in [0.1, 0.15) is 11.4 Å². The van der Waals surface area contributed by atoms with Crippen LogP contribution in [0.5, 0.6) is 11.5 Å². The number of nitrogens with one attached hydrogen (secondary N) is 1. The fourth-order valence-electron chi connectivity index (χ4n) is 2.67. The molecule has 0 aromatic heterocycles. The zero-order chi connectivity index (χ0) is 20.3. The van der Waals surface area contributed by atoms with Crippen LogP contribution in [0.15, 0.2) is 48.0 Å². The number of hydrogen-bond acceptors (Lipinski definition) is 5. The van der Waals surface area contributed by atoms with Gasteiger partial charge in [-0.15, -0.1) is 0 Å². The molecule has 0 atom stereocenters. The molecule has 1 heterocycles. The number of hydrogen-bond donors (Lipinski definition) is 2. The van der Waals surface area contributed by atoms with Gasteiger partial charge < -0.3 is 9.84 Å². The van der Waals surface area contributed by atoms with Crippen molar-refractivity contribution in [3.63, 3.8) is 0 Å². The lowest BCUT2D eigenvalue weighted by Crippen LogP contribution is -2.53. The van der Waals surface area contributed by atoms with E-state index in [-0.39, 0.29) is 23.6 Å². The smallest absolute Gasteiger partial charge is 0.331 e. The van der Waals surface area contributed by atoms with Crippen molar-refractivity contribution in [1.29, 1.82) is 0 Å². The Hall–Kier alpha value is -3.68. The largest absolute Gasteiger partial charge is 0.504 e. The van der Waals surface area contributed by atoms with Crippen LogP contribution in [0.25, 0.3) is 6.08 Å². The van der Waals surface area contributed by atoms with E-state index in [1.807, 2.05) is 0 Å². The minimum Gasteiger partial charge on any atom is -0.504 e. The van der Waals surface area contributed by atoms with Crippen LogP contribution in [-0.2, 0) is 16.1 Å². The van der Waals surface area contributed by atoms with E-state index in [0.717, 1.165) is 4.90 Å². The number of rotatable bonds is 5. The molecule has 144 valence electrons. The van der Waals surface area contributed by atoms with Crippen LogP contribution in [0.4, 0.5) is 9.18 Å². The molecule has 0 aliphatic carbocycles. The fraction of sp³-hybridized carbons (Fsp3) is 0.150. The van der Waals surface area contributed by atoms with E-state index in [9.17, 15) is 23.9 Å². The van der Waals surface area contributed by atoms with Crippen molar-refractivity contribution in [1.82, 2.24) is 10.2 Å². The Labute approximate surface area is 160 Å². The van der Waals surface area contributed by atoms with Gasteiger partial charge >= 0.3 is 6.03 Å². The van der Waals surface area contributed by atoms with Gasteiger partial charge in [-0.1, -0.05) is 18.2 Å². The zero-order valence-electron chi connectivity index (χ0n) is 14.9. The van der Waals surface area contributed by atoms with Crippen LogP contribution in [0, 0.1) is 5.82 Å². The molecule has 4 amide bonds. The summed E-state index contributed by atoms with van der Waals surface area (Å²) in [5, 5.41) is 11.9. The van der Waals surface area contributed by atoms with E-state index in [1.54, 1.807) is 6.92 Å². The number of nitrogens with zero attached hydrogens (tertiary/aromatic N) is 1. The van der Waals surface area contributed by atoms with Gasteiger partial charge in [-0.2, -0.15) is 0 Å². The maximum Gasteiger partial charge on any atom is 0.331 e. The number of phenolic OH excluding ortho intramolecular Hbond substituents is 1. The minimum atomic E-state index is -0.850. The van der Waals surface area contributed by atoms with Gasteiger partial charge in [-0.05, 0) is 48.4 Å². The van der Waals surface area contributed by atoms with Gasteiger partial charge in [-0.25, -0.2) is 9.18 Å². The lowest BCUT2D eigenvalue weighted by atomic mass is 10.1. The van der Waals surface area contributed by atoms with E-state index >= 15 is 0 Å². The maximum atomic E-state index is 13.0. The highest BCUT2D eigenvalue weighted by molar-refractivity contribution is 6.30. The first-order valence-electron chi connectivity index (χ1n) is 8.48. The van der Waals surface area contributed by atoms with Crippen molar-refractivity contribution < 1.29 is 28.6 Å². The zero-order valence-corrected chi connectivity index (χ0v) is 14.9. The molecule has 2 aromatic carbocycles. The number of amides is 4. The van der Waals surface area contributed by atoms with Gasteiger partial charge in [0, 0.05) is 0 Å². The molecule has 1 aliphatic heterocycles. The topological polar surface area (TPSA) is 95.9 Å². The first-order valence-corrected chi connectivity index (χ1v) is 8.48. The van der Waals surface area contributed by atoms with Gasteiger partial charge in [0.25, 0.3) is 11.8 Å². The fourth-order valence-corrected chi connectivity index (χ4v) is 2.67. The summed E-state index contributed by atoms with van der Waals surface area (Å²) in [5.41, 5.74) is 0.729. The van der Waals surface area contributed by atoms with E-state index in [0.29, 0.717) is 17.7 Å². The number of aromatic hydroxyl groups is 1. The molecule has 3 rings (SSSR count). The summed E-state index contributed by atoms with van der Waals surface area (Å²) < 4.78 is 18.3. The summed E-state index contributed by atoms with van der Waals surface area (Å²) >= 11 is 0. The van der Waals surface area contributed by atoms with Crippen LogP contribution in [0.3, 0.4) is 0 Å². The second-order valence-electron chi connectivity index (χ2n) is 6.00. The highest BCUT2D eigenvalue weighted by atomic mass is 19.1. The van der Waals surface area contributed by atoms with Gasteiger partial charge in [0.2, 0.25) is 0 Å². The second kappa shape index (κ2) is 7.91. The van der Waals surface area contributed by atoms with Crippen molar-refractivity contribution in [3.05, 3.63) is 65.0 Å². The van der Waals surface area contributed by atoms with E-state index < -0.39 is 23.7 Å². The number of carbonyl (C=O) groups excluding carboxylic acids is 3. The number of ether oxygens (including phenoxy) is 1. The van der Waals surface area contributed by atoms with Crippen molar-refractivity contribution in [2.45, 2.75) is 13.5 Å². The van der Waals surface area contributed by atoms with Crippen LogP contribution < -0.4 is 10.1 Å². The van der Waals surface area contributed by atoms with Gasteiger partial charge in [0.15, 0.2) is 11.5 Å². The number of imide groups is 2. The molecule has 2 N–H and O–H groups in total. The van der Waals surface area contributed by atoms with Crippen molar-refractivity contribution >= 4 is 23.9 Å². The third-order valence-corrected chi connectivity index (χ3v) is 4.03. The molecule has 0 spiro atoms. The third-order valence-electron chi connectivity index (χ3n) is 4.03. The number of carbonyl (C=O) groups is 3. The Morgan fingerprint density at radius 1 is 1.14 bits per heavy atom. The van der Waals surface area contributed by atoms with E-state index in [4.69, 9.17) is 4.74 Å². The Morgan fingerprint density at radius 2 is 1.86 bits per heavy atom. The quantitative estimate of drug-likeness (QED) is 0.610. The molecular formula is C20H17FN2O5. The van der Waals surface area contributed by atoms with Crippen LogP contribution in [-0.4, -0.2) is 34.5 Å². The molecule has 28 heavy (non-hydrogen) atoms. The van der Waals surface area contributed by atoms with Crippen molar-refractivity contribution in [2.24, 2.45) is 0 Å². The van der Waals surface area contributed by atoms with Crippen molar-refractivity contribution in [3.8, 4) is 11.5 Å². The first-order chi connectivity index (χ1) is 13.4. The lowest BCUT2D eigenvalue weighted by molar-refractivity contribution is -0.130. The maximum absolute atomic E-state index is 13.0. The van der Waals surface area contributed by atoms with Crippen LogP contribution >= 0.6 is 0 Å². The molecule has 7 nitrogen and oxygen atoms in total. The van der Waals surface area contributed by atoms with Gasteiger partial charge in [0.05, 0.1) is 13.2 Å². The monoisotopic (exact) mass is 384 g/mol. The van der Waals surface area contributed by atoms with E-state index in [1.165, 1.54) is 48.5 Å². The number of benzene rings is 2. The van der Waals surface area contributed by atoms with Gasteiger partial charge in [-0.3, -0.25) is 19.8 Å². The molecule has 0 bridgehead atoms. The second-order valence-corrected chi connectivity index (χ2v) is 6.00. The number of halogens is 1. The predicted molar refractivity (Wildman–Crippen MR) is 97.7 cm³/mol. The summed E-state index contributed by atoms with van der Waals surface area (Å²) in [5.74, 6) is -1.90. The summed E-state index contributed by atoms with van der Waals surface area (Å²) in [6, 6.07) is 8.85. The third kappa shape index (κ3) is 4.01. The Bertz CT molecular complexity index is 969. The molecular weight excluding hydrogens is 367 g/mol. The first kappa shape index (κ1) is 19.1. The average molecular weight is 384 g/mol. The number of urea groups is 1. The summed E-state index contributed by atoms with van der Waals surface area (Å²) in [7, 11) is 0. The SMILES string of the molecule is CCOc1cc(/C=C2\C(=O)NC(=O)N(Cc3ccc(F)cc3)C2=O)ccc1O. The molecule has 1 aliphatic rings. The number of barbiturate groups is 1. The minimum absolute atomic E-state index is 0.0727. The average Bonchev–Trinajstić information content (AvgIpc) is 2.66. The highest BCUT2D eigenvalue weighted by Gasteiger charge is 2.35. The molecule has 1 fully saturated rings. The number of phenols is 1.